The minimum absolute atomic E-state index is 0.596. The molecule has 0 aliphatic carbocycles. The van der Waals surface area contributed by atoms with E-state index >= 15 is 0 Å². The molecule has 1 aromatic heterocycles. The summed E-state index contributed by atoms with van der Waals surface area (Å²) in [4.78, 5) is 2.56. The molecule has 1 aromatic carbocycles. The number of aromatic nitrogens is 1. The first-order valence-electron chi connectivity index (χ1n) is 6.33. The molecule has 88 valence electrons. The van der Waals surface area contributed by atoms with Crippen LogP contribution in [0.25, 0.3) is 0 Å². The summed E-state index contributed by atoms with van der Waals surface area (Å²) >= 11 is 0. The van der Waals surface area contributed by atoms with Crippen LogP contribution in [0.2, 0.25) is 0 Å². The second kappa shape index (κ2) is 4.76. The van der Waals surface area contributed by atoms with Crippen LogP contribution >= 0.6 is 0 Å². The molecule has 2 aromatic rings. The Bertz CT molecular complexity index is 447. The van der Waals surface area contributed by atoms with Gasteiger partial charge in [0.25, 0.3) is 0 Å². The van der Waals surface area contributed by atoms with Crippen molar-refractivity contribution in [2.24, 2.45) is 0 Å². The molecule has 2 nitrogen and oxygen atoms in total. The Morgan fingerprint density at radius 2 is 1.76 bits per heavy atom. The number of hydrogen-bond donors (Lipinski definition) is 0. The van der Waals surface area contributed by atoms with E-state index in [2.05, 4.69) is 64.3 Å². The predicted molar refractivity (Wildman–Crippen MR) is 69.6 cm³/mol. The van der Waals surface area contributed by atoms with Gasteiger partial charge in [0.2, 0.25) is 0 Å². The molecule has 3 rings (SSSR count). The van der Waals surface area contributed by atoms with Crippen molar-refractivity contribution in [1.29, 1.82) is 0 Å². The van der Waals surface area contributed by atoms with Crippen LogP contribution < -0.4 is 0 Å². The molecule has 0 radical (unpaired) electrons. The van der Waals surface area contributed by atoms with Gasteiger partial charge in [0.15, 0.2) is 0 Å². The standard InChI is InChI=1S/C15H18N2/c1-2-7-14(8-3-1)15-9-6-12-17(15)13-16-10-4-5-11-16/h1-5,7-8,10-11,15H,6,9,12-13H2. The molecule has 0 N–H and O–H groups in total. The Balaban J connectivity index is 1.76. The van der Waals surface area contributed by atoms with Crippen LogP contribution in [0.1, 0.15) is 24.4 Å². The molecule has 0 bridgehead atoms. The van der Waals surface area contributed by atoms with E-state index in [1.807, 2.05) is 0 Å². The van der Waals surface area contributed by atoms with Crippen LogP contribution in [-0.2, 0) is 6.67 Å². The summed E-state index contributed by atoms with van der Waals surface area (Å²) in [6.07, 6.45) is 6.87. The second-order valence-corrected chi connectivity index (χ2v) is 4.72. The lowest BCUT2D eigenvalue weighted by Gasteiger charge is -2.25. The van der Waals surface area contributed by atoms with Crippen LogP contribution in [0.5, 0.6) is 0 Å². The lowest BCUT2D eigenvalue weighted by atomic mass is 10.1. The lowest BCUT2D eigenvalue weighted by Crippen LogP contribution is -2.25. The summed E-state index contributed by atoms with van der Waals surface area (Å²) in [5, 5.41) is 0. The van der Waals surface area contributed by atoms with E-state index in [-0.39, 0.29) is 0 Å². The van der Waals surface area contributed by atoms with Gasteiger partial charge in [-0.1, -0.05) is 30.3 Å². The van der Waals surface area contributed by atoms with Crippen molar-refractivity contribution in [1.82, 2.24) is 9.47 Å². The van der Waals surface area contributed by atoms with Crippen molar-refractivity contribution in [3.8, 4) is 0 Å². The summed E-state index contributed by atoms with van der Waals surface area (Å²) < 4.78 is 2.25. The van der Waals surface area contributed by atoms with E-state index in [0.29, 0.717) is 6.04 Å². The normalized spacial score (nSPS) is 20.8. The van der Waals surface area contributed by atoms with Gasteiger partial charge in [0.05, 0.1) is 6.67 Å². The van der Waals surface area contributed by atoms with E-state index in [9.17, 15) is 0 Å². The molecule has 1 unspecified atom stereocenters. The fourth-order valence-electron chi connectivity index (χ4n) is 2.72. The largest absolute Gasteiger partial charge is 0.341 e. The molecule has 2 heteroatoms. The van der Waals surface area contributed by atoms with Gasteiger partial charge in [0.1, 0.15) is 0 Å². The highest BCUT2D eigenvalue weighted by molar-refractivity contribution is 5.19. The van der Waals surface area contributed by atoms with Crippen molar-refractivity contribution >= 4 is 0 Å². The predicted octanol–water partition coefficient (Wildman–Crippen LogP) is 3.28. The summed E-state index contributed by atoms with van der Waals surface area (Å²) in [7, 11) is 0. The zero-order valence-electron chi connectivity index (χ0n) is 10.00. The molecule has 17 heavy (non-hydrogen) atoms. The number of nitrogens with zero attached hydrogens (tertiary/aromatic N) is 2. The molecule has 1 atom stereocenters. The Hall–Kier alpha value is -1.54. The van der Waals surface area contributed by atoms with Crippen molar-refractivity contribution in [2.75, 3.05) is 6.54 Å². The second-order valence-electron chi connectivity index (χ2n) is 4.72. The minimum atomic E-state index is 0.596. The van der Waals surface area contributed by atoms with Crippen LogP contribution in [0.4, 0.5) is 0 Å². The van der Waals surface area contributed by atoms with Gasteiger partial charge in [-0.05, 0) is 30.5 Å². The minimum Gasteiger partial charge on any atom is -0.341 e. The quantitative estimate of drug-likeness (QED) is 0.779. The van der Waals surface area contributed by atoms with Gasteiger partial charge in [-0.25, -0.2) is 0 Å². The SMILES string of the molecule is c1ccc(C2CCCN2Cn2cccc2)cc1. The fraction of sp³-hybridized carbons (Fsp3) is 0.333. The first-order chi connectivity index (χ1) is 8.43. The van der Waals surface area contributed by atoms with Crippen LogP contribution in [0.3, 0.4) is 0 Å². The summed E-state index contributed by atoms with van der Waals surface area (Å²) in [6.45, 7) is 2.21. The summed E-state index contributed by atoms with van der Waals surface area (Å²) in [6, 6.07) is 15.6. The lowest BCUT2D eigenvalue weighted by molar-refractivity contribution is 0.202. The molecular formula is C15H18N2. The zero-order chi connectivity index (χ0) is 11.5. The summed E-state index contributed by atoms with van der Waals surface area (Å²) in [5.41, 5.74) is 1.46. The Labute approximate surface area is 102 Å². The highest BCUT2D eigenvalue weighted by atomic mass is 15.3. The zero-order valence-corrected chi connectivity index (χ0v) is 10.00. The number of rotatable bonds is 3. The molecule has 0 spiro atoms. The average molecular weight is 226 g/mol. The maximum atomic E-state index is 2.56. The molecule has 0 amide bonds. The van der Waals surface area contributed by atoms with Gasteiger partial charge in [0, 0.05) is 25.0 Å². The van der Waals surface area contributed by atoms with Crippen molar-refractivity contribution in [3.63, 3.8) is 0 Å². The molecule has 1 aliphatic heterocycles. The van der Waals surface area contributed by atoms with E-state index < -0.39 is 0 Å². The molecule has 1 aliphatic rings. The Morgan fingerprint density at radius 1 is 1.00 bits per heavy atom. The third kappa shape index (κ3) is 2.27. The molecule has 1 saturated heterocycles. The third-order valence-corrected chi connectivity index (χ3v) is 3.56. The number of hydrogen-bond acceptors (Lipinski definition) is 1. The van der Waals surface area contributed by atoms with Crippen molar-refractivity contribution in [2.45, 2.75) is 25.6 Å². The highest BCUT2D eigenvalue weighted by Crippen LogP contribution is 2.31. The van der Waals surface area contributed by atoms with Gasteiger partial charge in [-0.15, -0.1) is 0 Å². The molecule has 1 fully saturated rings. The topological polar surface area (TPSA) is 8.17 Å². The Kier molecular flexibility index (Phi) is 2.97. The van der Waals surface area contributed by atoms with E-state index in [1.54, 1.807) is 0 Å². The third-order valence-electron chi connectivity index (χ3n) is 3.56. The van der Waals surface area contributed by atoms with E-state index in [4.69, 9.17) is 0 Å². The summed E-state index contributed by atoms with van der Waals surface area (Å²) in [5.74, 6) is 0. The first kappa shape index (κ1) is 10.6. The van der Waals surface area contributed by atoms with Crippen LogP contribution in [0, 0.1) is 0 Å². The number of likely N-dealkylation sites (tertiary alicyclic amines) is 1. The van der Waals surface area contributed by atoms with Crippen molar-refractivity contribution in [3.05, 3.63) is 60.4 Å². The Morgan fingerprint density at radius 3 is 2.53 bits per heavy atom. The molecule has 2 heterocycles. The van der Waals surface area contributed by atoms with Gasteiger partial charge >= 0.3 is 0 Å². The monoisotopic (exact) mass is 226 g/mol. The smallest absolute Gasteiger partial charge is 0.0749 e. The van der Waals surface area contributed by atoms with Crippen LogP contribution in [-0.4, -0.2) is 16.0 Å². The van der Waals surface area contributed by atoms with E-state index in [0.717, 1.165) is 6.67 Å². The van der Waals surface area contributed by atoms with Gasteiger partial charge in [-0.2, -0.15) is 0 Å². The average Bonchev–Trinajstić information content (AvgIpc) is 3.02. The maximum Gasteiger partial charge on any atom is 0.0749 e. The van der Waals surface area contributed by atoms with Gasteiger partial charge < -0.3 is 4.57 Å². The maximum absolute atomic E-state index is 2.56. The van der Waals surface area contributed by atoms with Crippen molar-refractivity contribution < 1.29 is 0 Å². The van der Waals surface area contributed by atoms with Crippen LogP contribution in [0.15, 0.2) is 54.9 Å². The van der Waals surface area contributed by atoms with E-state index in [1.165, 1.54) is 24.9 Å². The van der Waals surface area contributed by atoms with Gasteiger partial charge in [-0.3, -0.25) is 4.90 Å². The molecule has 0 saturated carbocycles. The number of benzene rings is 1. The first-order valence-corrected chi connectivity index (χ1v) is 6.33. The highest BCUT2D eigenvalue weighted by Gasteiger charge is 2.25. The fourth-order valence-corrected chi connectivity index (χ4v) is 2.72. The molecular weight excluding hydrogens is 208 g/mol.